The number of carbonyl (C=O) groups excluding carboxylic acids is 1. The summed E-state index contributed by atoms with van der Waals surface area (Å²) in [6.45, 7) is 2.23. The van der Waals surface area contributed by atoms with Gasteiger partial charge in [0.05, 0.1) is 0 Å². The summed E-state index contributed by atoms with van der Waals surface area (Å²) in [4.78, 5) is 17.6. The van der Waals surface area contributed by atoms with E-state index in [9.17, 15) is 4.79 Å². The van der Waals surface area contributed by atoms with Gasteiger partial charge < -0.3 is 0 Å². The third-order valence-electron chi connectivity index (χ3n) is 7.02. The summed E-state index contributed by atoms with van der Waals surface area (Å²) in [7, 11) is 0. The molecule has 0 radical (unpaired) electrons. The Balaban J connectivity index is 1.25. The van der Waals surface area contributed by atoms with Crippen LogP contribution in [0.4, 0.5) is 0 Å². The number of hydrogen-bond acceptors (Lipinski definition) is 6. The van der Waals surface area contributed by atoms with Crippen molar-refractivity contribution < 1.29 is 4.79 Å². The van der Waals surface area contributed by atoms with Crippen LogP contribution in [-0.4, -0.2) is 41.6 Å². The Labute approximate surface area is 205 Å². The van der Waals surface area contributed by atoms with Crippen molar-refractivity contribution in [2.24, 2.45) is 11.8 Å². The number of ketones is 1. The third kappa shape index (κ3) is 5.37. The molecule has 1 aliphatic rings. The van der Waals surface area contributed by atoms with Crippen LogP contribution >= 0.6 is 0 Å². The van der Waals surface area contributed by atoms with E-state index in [0.717, 1.165) is 41.5 Å². The maximum absolute atomic E-state index is 13.1. The minimum Gasteiger partial charge on any atom is -0.290 e. The second-order valence-corrected chi connectivity index (χ2v) is 9.50. The number of rotatable bonds is 9. The lowest BCUT2D eigenvalue weighted by Gasteiger charge is -2.27. The predicted molar refractivity (Wildman–Crippen MR) is 134 cm³/mol. The van der Waals surface area contributed by atoms with E-state index in [-0.39, 0.29) is 11.7 Å². The number of nitrogens with zero attached hydrogens (tertiary/aromatic N) is 5. The number of carbonyl (C=O) groups is 1. The Kier molecular flexibility index (Phi) is 7.07. The first-order valence-corrected chi connectivity index (χ1v) is 12.6. The molecule has 1 fully saturated rings. The second kappa shape index (κ2) is 10.7. The van der Waals surface area contributed by atoms with Crippen molar-refractivity contribution in [1.29, 1.82) is 0 Å². The highest BCUT2D eigenvalue weighted by Crippen LogP contribution is 2.34. The van der Waals surface area contributed by atoms with Gasteiger partial charge in [-0.05, 0) is 40.7 Å². The van der Waals surface area contributed by atoms with Crippen LogP contribution in [0.1, 0.15) is 73.9 Å². The molecule has 0 aliphatic heterocycles. The van der Waals surface area contributed by atoms with Crippen molar-refractivity contribution in [3.8, 4) is 22.5 Å². The molecule has 8 heteroatoms. The number of hydrogen-bond donors (Lipinski definition) is 2. The van der Waals surface area contributed by atoms with Gasteiger partial charge in [0.2, 0.25) is 17.4 Å². The molecule has 2 aromatic heterocycles. The molecule has 180 valence electrons. The molecular weight excluding hydrogens is 438 g/mol. The number of nitrogens with one attached hydrogen (secondary N) is 2. The summed E-state index contributed by atoms with van der Waals surface area (Å²) in [5, 5.41) is 21.7. The second-order valence-electron chi connectivity index (χ2n) is 9.50. The highest BCUT2D eigenvalue weighted by atomic mass is 16.1. The molecule has 35 heavy (non-hydrogen) atoms. The van der Waals surface area contributed by atoms with Crippen molar-refractivity contribution >= 4 is 5.78 Å². The molecule has 4 aromatic rings. The van der Waals surface area contributed by atoms with E-state index in [1.165, 1.54) is 25.7 Å². The summed E-state index contributed by atoms with van der Waals surface area (Å²) in [6, 6.07) is 16.3. The minimum absolute atomic E-state index is 0.0628. The molecule has 0 amide bonds. The van der Waals surface area contributed by atoms with Gasteiger partial charge in [0.15, 0.2) is 0 Å². The van der Waals surface area contributed by atoms with E-state index in [4.69, 9.17) is 0 Å². The van der Waals surface area contributed by atoms with Crippen LogP contribution in [0.5, 0.6) is 0 Å². The summed E-state index contributed by atoms with van der Waals surface area (Å²) in [6.07, 6.45) is 8.60. The predicted octanol–water partition coefficient (Wildman–Crippen LogP) is 5.42. The maximum atomic E-state index is 13.1. The molecule has 0 saturated heterocycles. The van der Waals surface area contributed by atoms with Crippen LogP contribution in [0.2, 0.25) is 0 Å². The number of benzene rings is 2. The van der Waals surface area contributed by atoms with Crippen LogP contribution in [0.3, 0.4) is 0 Å². The van der Waals surface area contributed by atoms with Gasteiger partial charge in [0, 0.05) is 17.9 Å². The fourth-order valence-corrected chi connectivity index (χ4v) is 5.15. The van der Waals surface area contributed by atoms with Crippen LogP contribution < -0.4 is 0 Å². The molecule has 0 spiro atoms. The van der Waals surface area contributed by atoms with Gasteiger partial charge >= 0.3 is 0 Å². The lowest BCUT2D eigenvalue weighted by Crippen LogP contribution is -2.24. The van der Waals surface area contributed by atoms with Crippen molar-refractivity contribution in [2.75, 3.05) is 0 Å². The number of aromatic nitrogens is 7. The van der Waals surface area contributed by atoms with E-state index >= 15 is 0 Å². The standard InChI is InChI=1S/C27H31N7O/c1-2-3-7-18-8-6-9-21(16-18)25(35)27-28-24(29-30-27)17-19-12-14-20(15-13-19)22-10-4-5-11-23(22)26-31-33-34-32-26/h4-5,10-15,18,21H,2-3,6-9,16-17H2,1H3,(H,28,29,30)(H,31,32,33,34). The number of tetrazole rings is 1. The van der Waals surface area contributed by atoms with Gasteiger partial charge in [-0.3, -0.25) is 9.89 Å². The molecular formula is C27H31N7O. The largest absolute Gasteiger partial charge is 0.290 e. The van der Waals surface area contributed by atoms with E-state index in [1.54, 1.807) is 0 Å². The minimum atomic E-state index is 0.0628. The Morgan fingerprint density at radius 3 is 2.63 bits per heavy atom. The maximum Gasteiger partial charge on any atom is 0.217 e. The molecule has 2 heterocycles. The quantitative estimate of drug-likeness (QED) is 0.316. The zero-order valence-electron chi connectivity index (χ0n) is 20.1. The first kappa shape index (κ1) is 23.1. The van der Waals surface area contributed by atoms with Crippen LogP contribution in [0.15, 0.2) is 48.5 Å². The zero-order chi connectivity index (χ0) is 24.0. The van der Waals surface area contributed by atoms with Gasteiger partial charge in [-0.1, -0.05) is 87.6 Å². The van der Waals surface area contributed by atoms with Crippen LogP contribution in [0.25, 0.3) is 22.5 Å². The van der Waals surface area contributed by atoms with E-state index in [0.29, 0.717) is 29.8 Å². The normalized spacial score (nSPS) is 18.0. The summed E-state index contributed by atoms with van der Waals surface area (Å²) in [5.41, 5.74) is 4.13. The molecule has 2 N–H and O–H groups in total. The van der Waals surface area contributed by atoms with Gasteiger partial charge in [0.25, 0.3) is 0 Å². The average molecular weight is 470 g/mol. The summed E-state index contributed by atoms with van der Waals surface area (Å²) < 4.78 is 0. The Morgan fingerprint density at radius 2 is 1.86 bits per heavy atom. The molecule has 5 rings (SSSR count). The van der Waals surface area contributed by atoms with Crippen molar-refractivity contribution in [2.45, 2.75) is 58.3 Å². The Morgan fingerprint density at radius 1 is 1.03 bits per heavy atom. The highest BCUT2D eigenvalue weighted by Gasteiger charge is 2.29. The number of Topliss-reactive ketones (excluding diaryl/α,β-unsaturated/α-hetero) is 1. The summed E-state index contributed by atoms with van der Waals surface area (Å²) in [5.74, 6) is 2.45. The van der Waals surface area contributed by atoms with Crippen LogP contribution in [-0.2, 0) is 6.42 Å². The molecule has 8 nitrogen and oxygen atoms in total. The van der Waals surface area contributed by atoms with Gasteiger partial charge in [-0.25, -0.2) is 4.98 Å². The SMILES string of the molecule is CCCCC1CCCC(C(=O)c2n[nH]c(Cc3ccc(-c4ccccc4-c4nn[nH]n4)cc3)n2)C1. The van der Waals surface area contributed by atoms with Crippen LogP contribution in [0, 0.1) is 11.8 Å². The molecule has 2 atom stereocenters. The van der Waals surface area contributed by atoms with Gasteiger partial charge in [-0.2, -0.15) is 10.3 Å². The lowest BCUT2D eigenvalue weighted by atomic mass is 9.77. The molecule has 1 aliphatic carbocycles. The van der Waals surface area contributed by atoms with Gasteiger partial charge in [-0.15, -0.1) is 10.2 Å². The van der Waals surface area contributed by atoms with E-state index in [2.05, 4.69) is 67.0 Å². The zero-order valence-corrected chi connectivity index (χ0v) is 20.1. The van der Waals surface area contributed by atoms with E-state index in [1.807, 2.05) is 24.3 Å². The average Bonchev–Trinajstić information content (AvgIpc) is 3.61. The van der Waals surface area contributed by atoms with Crippen molar-refractivity contribution in [3.05, 3.63) is 65.7 Å². The molecule has 0 bridgehead atoms. The third-order valence-corrected chi connectivity index (χ3v) is 7.02. The van der Waals surface area contributed by atoms with Crippen molar-refractivity contribution in [3.63, 3.8) is 0 Å². The van der Waals surface area contributed by atoms with Crippen molar-refractivity contribution in [1.82, 2.24) is 35.8 Å². The summed E-state index contributed by atoms with van der Waals surface area (Å²) >= 11 is 0. The number of unbranched alkanes of at least 4 members (excludes halogenated alkanes) is 1. The first-order chi connectivity index (χ1) is 17.2. The number of aromatic amines is 2. The molecule has 2 aromatic carbocycles. The first-order valence-electron chi connectivity index (χ1n) is 12.6. The Bertz CT molecular complexity index is 1250. The Hall–Kier alpha value is -3.68. The lowest BCUT2D eigenvalue weighted by molar-refractivity contribution is 0.0848. The van der Waals surface area contributed by atoms with E-state index < -0.39 is 0 Å². The highest BCUT2D eigenvalue weighted by molar-refractivity contribution is 5.94. The smallest absolute Gasteiger partial charge is 0.217 e. The molecule has 2 unspecified atom stereocenters. The molecule has 1 saturated carbocycles. The van der Waals surface area contributed by atoms with Gasteiger partial charge in [0.1, 0.15) is 5.82 Å². The fourth-order valence-electron chi connectivity index (χ4n) is 5.15. The fraction of sp³-hybridized carbons (Fsp3) is 0.407. The monoisotopic (exact) mass is 469 g/mol. The topological polar surface area (TPSA) is 113 Å². The number of H-pyrrole nitrogens is 2.